The first kappa shape index (κ1) is 13.4. The minimum absolute atomic E-state index is 0.0327. The molecule has 0 bridgehead atoms. The molecule has 1 aromatic carbocycles. The van der Waals surface area contributed by atoms with Crippen LogP contribution in [0.25, 0.3) is 20.7 Å². The monoisotopic (exact) mass is 302 g/mol. The molecule has 5 heteroatoms. The summed E-state index contributed by atoms with van der Waals surface area (Å²) in [7, 11) is 0. The van der Waals surface area contributed by atoms with Crippen molar-refractivity contribution in [3.8, 4) is 10.4 Å². The van der Waals surface area contributed by atoms with E-state index >= 15 is 0 Å². The molecule has 0 aliphatic rings. The average Bonchev–Trinajstić information content (AvgIpc) is 2.87. The number of aromatic amines is 1. The van der Waals surface area contributed by atoms with Crippen molar-refractivity contribution >= 4 is 33.3 Å². The topological polar surface area (TPSA) is 45.8 Å². The first-order valence-electron chi connectivity index (χ1n) is 6.39. The number of rotatable bonds is 3. The SMILES string of the molecule is CCc1c(-c2ccccc2)sc2nc(SC)[nH]c(=O)c12. The third-order valence-corrected chi connectivity index (χ3v) is 4.98. The van der Waals surface area contributed by atoms with Gasteiger partial charge in [0.25, 0.3) is 5.56 Å². The lowest BCUT2D eigenvalue weighted by Crippen LogP contribution is -2.09. The summed E-state index contributed by atoms with van der Waals surface area (Å²) in [6, 6.07) is 10.2. The summed E-state index contributed by atoms with van der Waals surface area (Å²) in [5.74, 6) is 0. The van der Waals surface area contributed by atoms with Crippen LogP contribution in [0.15, 0.2) is 40.3 Å². The molecule has 2 heterocycles. The molecule has 0 aliphatic heterocycles. The molecule has 0 atom stereocenters. The molecule has 0 radical (unpaired) electrons. The molecule has 20 heavy (non-hydrogen) atoms. The fourth-order valence-electron chi connectivity index (χ4n) is 2.30. The Morgan fingerprint density at radius 3 is 2.70 bits per heavy atom. The van der Waals surface area contributed by atoms with Crippen molar-refractivity contribution in [2.75, 3.05) is 6.26 Å². The summed E-state index contributed by atoms with van der Waals surface area (Å²) in [6.45, 7) is 2.08. The van der Waals surface area contributed by atoms with Crippen molar-refractivity contribution in [2.24, 2.45) is 0 Å². The Morgan fingerprint density at radius 1 is 1.30 bits per heavy atom. The van der Waals surface area contributed by atoms with Crippen LogP contribution < -0.4 is 5.56 Å². The van der Waals surface area contributed by atoms with Crippen LogP contribution in [0.5, 0.6) is 0 Å². The summed E-state index contributed by atoms with van der Waals surface area (Å²) in [6.07, 6.45) is 2.74. The van der Waals surface area contributed by atoms with Crippen molar-refractivity contribution in [3.63, 3.8) is 0 Å². The lowest BCUT2D eigenvalue weighted by atomic mass is 10.1. The van der Waals surface area contributed by atoms with Gasteiger partial charge < -0.3 is 4.98 Å². The number of nitrogens with zero attached hydrogens (tertiary/aromatic N) is 1. The van der Waals surface area contributed by atoms with Gasteiger partial charge in [-0.1, -0.05) is 49.0 Å². The molecule has 3 rings (SSSR count). The van der Waals surface area contributed by atoms with Crippen LogP contribution in [0.1, 0.15) is 12.5 Å². The number of thiophene rings is 1. The standard InChI is InChI=1S/C15H14N2OS2/c1-3-10-11-13(18)16-15(19-2)17-14(11)20-12(10)9-7-5-4-6-8-9/h4-8H,3H2,1-2H3,(H,16,17,18). The van der Waals surface area contributed by atoms with E-state index in [2.05, 4.69) is 29.0 Å². The van der Waals surface area contributed by atoms with Gasteiger partial charge in [-0.15, -0.1) is 11.3 Å². The van der Waals surface area contributed by atoms with Gasteiger partial charge in [0.15, 0.2) is 5.16 Å². The van der Waals surface area contributed by atoms with E-state index in [9.17, 15) is 4.79 Å². The molecule has 0 unspecified atom stereocenters. The molecule has 1 N–H and O–H groups in total. The highest BCUT2D eigenvalue weighted by Gasteiger charge is 2.16. The van der Waals surface area contributed by atoms with Gasteiger partial charge in [-0.2, -0.15) is 0 Å². The minimum Gasteiger partial charge on any atom is -0.301 e. The average molecular weight is 302 g/mol. The number of thioether (sulfide) groups is 1. The number of aromatic nitrogens is 2. The Balaban J connectivity index is 2.34. The van der Waals surface area contributed by atoms with Crippen LogP contribution >= 0.6 is 23.1 Å². The molecule has 0 saturated carbocycles. The van der Waals surface area contributed by atoms with Crippen molar-refractivity contribution in [2.45, 2.75) is 18.5 Å². The third-order valence-electron chi connectivity index (χ3n) is 3.22. The molecule has 0 spiro atoms. The summed E-state index contributed by atoms with van der Waals surface area (Å²) < 4.78 is 0. The predicted molar refractivity (Wildman–Crippen MR) is 86.8 cm³/mol. The molecule has 0 amide bonds. The fraction of sp³-hybridized carbons (Fsp3) is 0.200. The predicted octanol–water partition coefficient (Wildman–Crippen LogP) is 3.94. The number of aryl methyl sites for hydroxylation is 1. The van der Waals surface area contributed by atoms with Crippen LogP contribution in [0, 0.1) is 0 Å². The quantitative estimate of drug-likeness (QED) is 0.589. The van der Waals surface area contributed by atoms with Crippen molar-refractivity contribution in [1.29, 1.82) is 0 Å². The maximum Gasteiger partial charge on any atom is 0.260 e. The highest BCUT2D eigenvalue weighted by atomic mass is 32.2. The molecular weight excluding hydrogens is 288 g/mol. The number of H-pyrrole nitrogens is 1. The second kappa shape index (κ2) is 5.42. The van der Waals surface area contributed by atoms with Crippen molar-refractivity contribution in [3.05, 3.63) is 46.2 Å². The summed E-state index contributed by atoms with van der Waals surface area (Å²) >= 11 is 3.06. The number of benzene rings is 1. The lowest BCUT2D eigenvalue weighted by Gasteiger charge is -2.01. The Kier molecular flexibility index (Phi) is 3.63. The zero-order valence-electron chi connectivity index (χ0n) is 11.3. The maximum absolute atomic E-state index is 12.3. The van der Waals surface area contributed by atoms with E-state index in [0.717, 1.165) is 32.6 Å². The molecule has 3 aromatic rings. The molecular formula is C15H14N2OS2. The van der Waals surface area contributed by atoms with Crippen LogP contribution in [0.3, 0.4) is 0 Å². The summed E-state index contributed by atoms with van der Waals surface area (Å²) in [4.78, 5) is 21.6. The molecule has 0 aliphatic carbocycles. The van der Waals surface area contributed by atoms with E-state index in [1.165, 1.54) is 11.8 Å². The van der Waals surface area contributed by atoms with E-state index < -0.39 is 0 Å². The highest BCUT2D eigenvalue weighted by molar-refractivity contribution is 7.98. The number of hydrogen-bond donors (Lipinski definition) is 1. The van der Waals surface area contributed by atoms with E-state index in [1.807, 2.05) is 24.5 Å². The number of nitrogens with one attached hydrogen (secondary N) is 1. The molecule has 2 aromatic heterocycles. The van der Waals surface area contributed by atoms with Gasteiger partial charge in [-0.25, -0.2) is 4.98 Å². The van der Waals surface area contributed by atoms with Crippen LogP contribution in [0.2, 0.25) is 0 Å². The van der Waals surface area contributed by atoms with Crippen LogP contribution in [-0.2, 0) is 6.42 Å². The minimum atomic E-state index is -0.0327. The Hall–Kier alpha value is -1.59. The first-order valence-corrected chi connectivity index (χ1v) is 8.43. The molecule has 0 fully saturated rings. The Bertz CT molecular complexity index is 806. The maximum atomic E-state index is 12.3. The van der Waals surface area contributed by atoms with Gasteiger partial charge in [0.1, 0.15) is 4.83 Å². The summed E-state index contributed by atoms with van der Waals surface area (Å²) in [5, 5.41) is 1.42. The van der Waals surface area contributed by atoms with Gasteiger partial charge >= 0.3 is 0 Å². The molecule has 102 valence electrons. The van der Waals surface area contributed by atoms with Gasteiger partial charge in [-0.3, -0.25) is 4.79 Å². The highest BCUT2D eigenvalue weighted by Crippen LogP contribution is 2.36. The van der Waals surface area contributed by atoms with Crippen LogP contribution in [0.4, 0.5) is 0 Å². The lowest BCUT2D eigenvalue weighted by molar-refractivity contribution is 0.980. The zero-order valence-corrected chi connectivity index (χ0v) is 12.9. The van der Waals surface area contributed by atoms with E-state index in [0.29, 0.717) is 5.16 Å². The smallest absolute Gasteiger partial charge is 0.260 e. The van der Waals surface area contributed by atoms with E-state index in [1.54, 1.807) is 11.3 Å². The summed E-state index contributed by atoms with van der Waals surface area (Å²) in [5.41, 5.74) is 2.21. The second-order valence-corrected chi connectivity index (χ2v) is 6.18. The largest absolute Gasteiger partial charge is 0.301 e. The Morgan fingerprint density at radius 2 is 2.05 bits per heavy atom. The second-order valence-electron chi connectivity index (χ2n) is 4.38. The molecule has 3 nitrogen and oxygen atoms in total. The first-order chi connectivity index (χ1) is 9.74. The zero-order chi connectivity index (χ0) is 14.1. The van der Waals surface area contributed by atoms with Gasteiger partial charge in [0.05, 0.1) is 5.39 Å². The van der Waals surface area contributed by atoms with Gasteiger partial charge in [0, 0.05) is 4.88 Å². The van der Waals surface area contributed by atoms with E-state index in [4.69, 9.17) is 0 Å². The van der Waals surface area contributed by atoms with Crippen molar-refractivity contribution < 1.29 is 0 Å². The number of hydrogen-bond acceptors (Lipinski definition) is 4. The van der Waals surface area contributed by atoms with Gasteiger partial charge in [0.2, 0.25) is 0 Å². The normalized spacial score (nSPS) is 11.1. The fourth-order valence-corrected chi connectivity index (χ4v) is 4.01. The van der Waals surface area contributed by atoms with Gasteiger partial charge in [-0.05, 0) is 23.8 Å². The molecule has 0 saturated heterocycles. The van der Waals surface area contributed by atoms with E-state index in [-0.39, 0.29) is 5.56 Å². The Labute approximate surface area is 125 Å². The van der Waals surface area contributed by atoms with Crippen LogP contribution in [-0.4, -0.2) is 16.2 Å². The third kappa shape index (κ3) is 2.17. The van der Waals surface area contributed by atoms with Crippen molar-refractivity contribution in [1.82, 2.24) is 9.97 Å². The number of fused-ring (bicyclic) bond motifs is 1.